The fraction of sp³-hybridized carbons (Fsp3) is 0.200. The zero-order chi connectivity index (χ0) is 15.5. The van der Waals surface area contributed by atoms with Crippen molar-refractivity contribution in [2.24, 2.45) is 0 Å². The van der Waals surface area contributed by atoms with Gasteiger partial charge in [0.05, 0.1) is 10.3 Å². The molecule has 0 aromatic heterocycles. The minimum Gasteiger partial charge on any atom is -0.209 e. The van der Waals surface area contributed by atoms with E-state index in [0.717, 1.165) is 5.56 Å². The minimum atomic E-state index is -3.57. The van der Waals surface area contributed by atoms with Crippen LogP contribution in [0.1, 0.15) is 16.5 Å². The number of alkyl halides is 1. The highest BCUT2D eigenvalue weighted by Crippen LogP contribution is 2.27. The maximum absolute atomic E-state index is 12.2. The molecular weight excluding hydrogens is 329 g/mol. The molecule has 0 spiro atoms. The first-order chi connectivity index (χ1) is 9.90. The molecule has 0 aliphatic carbocycles. The highest BCUT2D eigenvalue weighted by Gasteiger charge is 2.17. The third-order valence-corrected chi connectivity index (χ3v) is 5.20. The zero-order valence-electron chi connectivity index (χ0n) is 11.4. The van der Waals surface area contributed by atoms with E-state index in [1.54, 1.807) is 42.5 Å². The molecule has 1 N–H and O–H groups in total. The van der Waals surface area contributed by atoms with Crippen LogP contribution in [0, 0.1) is 6.92 Å². The molecule has 21 heavy (non-hydrogen) atoms. The normalized spacial score (nSPS) is 13.1. The number of rotatable bonds is 5. The Morgan fingerprint density at radius 3 is 2.33 bits per heavy atom. The Balaban J connectivity index is 2.08. The summed E-state index contributed by atoms with van der Waals surface area (Å²) in [5, 5.41) is -0.00837. The van der Waals surface area contributed by atoms with Crippen LogP contribution in [0.4, 0.5) is 0 Å². The molecule has 6 heteroatoms. The van der Waals surface area contributed by atoms with Gasteiger partial charge in [0.1, 0.15) is 0 Å². The van der Waals surface area contributed by atoms with Crippen molar-refractivity contribution in [2.75, 3.05) is 6.54 Å². The van der Waals surface area contributed by atoms with Crippen LogP contribution >= 0.6 is 23.2 Å². The number of halogens is 2. The molecule has 0 aliphatic rings. The summed E-state index contributed by atoms with van der Waals surface area (Å²) in [6.07, 6.45) is 0. The molecule has 112 valence electrons. The van der Waals surface area contributed by atoms with Crippen LogP contribution in [0.25, 0.3) is 0 Å². The number of aryl methyl sites for hydroxylation is 1. The second kappa shape index (κ2) is 6.79. The van der Waals surface area contributed by atoms with Gasteiger partial charge in [0, 0.05) is 11.6 Å². The molecule has 2 aromatic rings. The first-order valence-corrected chi connectivity index (χ1v) is 8.65. The van der Waals surface area contributed by atoms with Gasteiger partial charge < -0.3 is 0 Å². The largest absolute Gasteiger partial charge is 0.240 e. The zero-order valence-corrected chi connectivity index (χ0v) is 13.7. The van der Waals surface area contributed by atoms with Crippen molar-refractivity contribution >= 4 is 33.2 Å². The minimum absolute atomic E-state index is 0.0709. The average Bonchev–Trinajstić information content (AvgIpc) is 2.46. The molecule has 0 radical (unpaired) electrons. The predicted molar refractivity (Wildman–Crippen MR) is 86.4 cm³/mol. The quantitative estimate of drug-likeness (QED) is 0.836. The van der Waals surface area contributed by atoms with E-state index in [1.807, 2.05) is 13.0 Å². The number of hydrogen-bond acceptors (Lipinski definition) is 2. The first-order valence-electron chi connectivity index (χ1n) is 6.35. The van der Waals surface area contributed by atoms with Gasteiger partial charge in [-0.15, -0.1) is 11.6 Å². The SMILES string of the molecule is Cc1ccc(S(=O)(=O)NCC(Cl)c2ccccc2Cl)cc1. The lowest BCUT2D eigenvalue weighted by atomic mass is 10.1. The summed E-state index contributed by atoms with van der Waals surface area (Å²) in [5.41, 5.74) is 1.70. The Hall–Kier alpha value is -1.07. The molecule has 2 rings (SSSR count). The van der Waals surface area contributed by atoms with Gasteiger partial charge in [0.15, 0.2) is 0 Å². The van der Waals surface area contributed by atoms with Crippen LogP contribution in [0.15, 0.2) is 53.4 Å². The van der Waals surface area contributed by atoms with Gasteiger partial charge in [0.2, 0.25) is 10.0 Å². The second-order valence-corrected chi connectivity index (χ2v) is 7.35. The summed E-state index contributed by atoms with van der Waals surface area (Å²) < 4.78 is 26.8. The van der Waals surface area contributed by atoms with Gasteiger partial charge in [-0.3, -0.25) is 0 Å². The Kier molecular flexibility index (Phi) is 5.27. The van der Waals surface area contributed by atoms with Crippen molar-refractivity contribution < 1.29 is 8.42 Å². The smallest absolute Gasteiger partial charge is 0.209 e. The first kappa shape index (κ1) is 16.3. The van der Waals surface area contributed by atoms with Gasteiger partial charge >= 0.3 is 0 Å². The molecule has 0 fully saturated rings. The maximum atomic E-state index is 12.2. The Labute approximate surface area is 135 Å². The van der Waals surface area contributed by atoms with Crippen LogP contribution in [0.3, 0.4) is 0 Å². The Bertz CT molecular complexity index is 715. The molecule has 0 bridgehead atoms. The molecule has 0 amide bonds. The summed E-state index contributed by atoms with van der Waals surface area (Å²) in [5.74, 6) is 0. The number of sulfonamides is 1. The van der Waals surface area contributed by atoms with Crippen LogP contribution in [0.5, 0.6) is 0 Å². The van der Waals surface area contributed by atoms with E-state index in [-0.39, 0.29) is 11.4 Å². The molecule has 1 atom stereocenters. The fourth-order valence-corrected chi connectivity index (χ4v) is 3.55. The molecule has 0 heterocycles. The lowest BCUT2D eigenvalue weighted by Crippen LogP contribution is -2.27. The van der Waals surface area contributed by atoms with E-state index >= 15 is 0 Å². The third-order valence-electron chi connectivity index (χ3n) is 3.03. The number of nitrogens with one attached hydrogen (secondary N) is 1. The van der Waals surface area contributed by atoms with E-state index in [1.165, 1.54) is 0 Å². The molecular formula is C15H15Cl2NO2S. The van der Waals surface area contributed by atoms with Crippen LogP contribution in [-0.2, 0) is 10.0 Å². The van der Waals surface area contributed by atoms with Crippen molar-refractivity contribution in [3.63, 3.8) is 0 Å². The van der Waals surface area contributed by atoms with E-state index in [9.17, 15) is 8.42 Å². The summed E-state index contributed by atoms with van der Waals surface area (Å²) in [7, 11) is -3.57. The monoisotopic (exact) mass is 343 g/mol. The van der Waals surface area contributed by atoms with E-state index in [0.29, 0.717) is 10.6 Å². The van der Waals surface area contributed by atoms with Gasteiger partial charge in [-0.2, -0.15) is 0 Å². The van der Waals surface area contributed by atoms with Crippen LogP contribution < -0.4 is 4.72 Å². The summed E-state index contributed by atoms with van der Waals surface area (Å²) in [6.45, 7) is 1.97. The maximum Gasteiger partial charge on any atom is 0.240 e. The number of benzene rings is 2. The van der Waals surface area contributed by atoms with Gasteiger partial charge in [-0.1, -0.05) is 47.5 Å². The topological polar surface area (TPSA) is 46.2 Å². The van der Waals surface area contributed by atoms with Crippen molar-refractivity contribution in [3.05, 3.63) is 64.7 Å². The van der Waals surface area contributed by atoms with Crippen LogP contribution in [0.2, 0.25) is 5.02 Å². The molecule has 3 nitrogen and oxygen atoms in total. The Morgan fingerprint density at radius 2 is 1.71 bits per heavy atom. The number of hydrogen-bond donors (Lipinski definition) is 1. The highest BCUT2D eigenvalue weighted by atomic mass is 35.5. The summed E-state index contributed by atoms with van der Waals surface area (Å²) in [6, 6.07) is 13.7. The van der Waals surface area contributed by atoms with E-state index < -0.39 is 15.4 Å². The average molecular weight is 344 g/mol. The van der Waals surface area contributed by atoms with Gasteiger partial charge in [-0.05, 0) is 30.7 Å². The molecule has 2 aromatic carbocycles. The molecule has 0 saturated heterocycles. The van der Waals surface area contributed by atoms with Crippen molar-refractivity contribution in [2.45, 2.75) is 17.2 Å². The molecule has 1 unspecified atom stereocenters. The Morgan fingerprint density at radius 1 is 1.10 bits per heavy atom. The lowest BCUT2D eigenvalue weighted by Gasteiger charge is -2.13. The summed E-state index contributed by atoms with van der Waals surface area (Å²) >= 11 is 12.3. The van der Waals surface area contributed by atoms with Gasteiger partial charge in [0.25, 0.3) is 0 Å². The second-order valence-electron chi connectivity index (χ2n) is 4.65. The fourth-order valence-electron chi connectivity index (χ4n) is 1.82. The van der Waals surface area contributed by atoms with Crippen LogP contribution in [-0.4, -0.2) is 15.0 Å². The predicted octanol–water partition coefficient (Wildman–Crippen LogP) is 3.91. The van der Waals surface area contributed by atoms with Gasteiger partial charge in [-0.25, -0.2) is 13.1 Å². The third kappa shape index (κ3) is 4.20. The standard InChI is InChI=1S/C15H15Cl2NO2S/c1-11-6-8-12(9-7-11)21(19,20)18-10-15(17)13-4-2-3-5-14(13)16/h2-9,15,18H,10H2,1H3. The molecule has 0 saturated carbocycles. The molecule has 0 aliphatic heterocycles. The van der Waals surface area contributed by atoms with E-state index in [2.05, 4.69) is 4.72 Å². The highest BCUT2D eigenvalue weighted by molar-refractivity contribution is 7.89. The van der Waals surface area contributed by atoms with Crippen molar-refractivity contribution in [1.29, 1.82) is 0 Å². The van der Waals surface area contributed by atoms with Crippen molar-refractivity contribution in [1.82, 2.24) is 4.72 Å². The summed E-state index contributed by atoms with van der Waals surface area (Å²) in [4.78, 5) is 0.219. The van der Waals surface area contributed by atoms with E-state index in [4.69, 9.17) is 23.2 Å². The van der Waals surface area contributed by atoms with Crippen molar-refractivity contribution in [3.8, 4) is 0 Å². The lowest BCUT2D eigenvalue weighted by molar-refractivity contribution is 0.581.